The number of H-pyrrole nitrogens is 1. The average molecular weight is 546 g/mol. The maximum absolute atomic E-state index is 12.2. The zero-order valence-corrected chi connectivity index (χ0v) is 20.9. The van der Waals surface area contributed by atoms with Crippen molar-refractivity contribution in [2.75, 3.05) is 39.3 Å². The van der Waals surface area contributed by atoms with Gasteiger partial charge < -0.3 is 48.4 Å². The van der Waals surface area contributed by atoms with Crippen molar-refractivity contribution in [3.63, 3.8) is 0 Å². The van der Waals surface area contributed by atoms with Gasteiger partial charge in [-0.3, -0.25) is 33.6 Å². The van der Waals surface area contributed by atoms with Gasteiger partial charge in [-0.25, -0.2) is 0 Å². The smallest absolute Gasteiger partial charge is 0.239 e. The molecule has 0 radical (unpaired) electrons. The van der Waals surface area contributed by atoms with E-state index in [-0.39, 0.29) is 13.0 Å². The van der Waals surface area contributed by atoms with Crippen molar-refractivity contribution in [1.82, 2.24) is 36.9 Å². The summed E-state index contributed by atoms with van der Waals surface area (Å²) >= 11 is 0. The van der Waals surface area contributed by atoms with E-state index in [4.69, 9.17) is 11.5 Å². The fraction of sp³-hybridized carbons (Fsp3) is 0.348. The first-order valence-electron chi connectivity index (χ1n) is 11.7. The molecule has 0 saturated carbocycles. The highest BCUT2D eigenvalue weighted by atomic mass is 16.2. The molecule has 0 fully saturated rings. The topological polar surface area (TPSA) is 260 Å². The largest absolute Gasteiger partial charge is 0.368 e. The summed E-state index contributed by atoms with van der Waals surface area (Å²) in [6, 6.07) is 6.68. The van der Waals surface area contributed by atoms with Crippen LogP contribution in [0, 0.1) is 0 Å². The highest BCUT2D eigenvalue weighted by Crippen LogP contribution is 2.18. The van der Waals surface area contributed by atoms with Gasteiger partial charge in [0.25, 0.3) is 0 Å². The molecule has 1 heterocycles. The molecule has 1 atom stereocenters. The van der Waals surface area contributed by atoms with Gasteiger partial charge in [0.2, 0.25) is 41.4 Å². The summed E-state index contributed by atoms with van der Waals surface area (Å²) in [5, 5.41) is 14.5. The molecule has 0 aliphatic rings. The lowest BCUT2D eigenvalue weighted by Gasteiger charge is -2.12. The van der Waals surface area contributed by atoms with E-state index in [1.54, 1.807) is 6.20 Å². The minimum absolute atomic E-state index is 0.260. The Bertz CT molecular complexity index is 1230. The standard InChI is InChI=1S/C23H31N9O7/c24-15(5-13-6-26-16-4-2-1-3-14(13)16)23(39)32-12-22(38)31-11-21(37)30-10-20(36)29-9-19(35)28-8-18(34)27-7-17(25)33/h1-4,6,15,26H,5,7-12,24H2,(H2,25,33)(H,27,34)(H,28,35)(H,29,36)(H,30,37)(H,31,38)(H,32,39)/t15-/m0/s1. The lowest BCUT2D eigenvalue weighted by molar-refractivity contribution is -0.129. The van der Waals surface area contributed by atoms with E-state index in [2.05, 4.69) is 36.9 Å². The summed E-state index contributed by atoms with van der Waals surface area (Å²) in [6.07, 6.45) is 2.03. The zero-order chi connectivity index (χ0) is 28.8. The molecule has 16 nitrogen and oxygen atoms in total. The number of para-hydroxylation sites is 1. The average Bonchev–Trinajstić information content (AvgIpc) is 3.32. The molecule has 210 valence electrons. The molecule has 0 bridgehead atoms. The fourth-order valence-electron chi connectivity index (χ4n) is 3.14. The Morgan fingerprint density at radius 2 is 1.10 bits per heavy atom. The maximum atomic E-state index is 12.2. The van der Waals surface area contributed by atoms with Crippen LogP contribution in [0.25, 0.3) is 10.9 Å². The SMILES string of the molecule is NC(=O)CNC(=O)CNC(=O)CNC(=O)CNC(=O)CNC(=O)CNC(=O)[C@@H](N)Cc1c[nH]c2ccccc12. The number of nitrogens with two attached hydrogens (primary N) is 2. The molecule has 1 aromatic heterocycles. The number of primary amides is 1. The van der Waals surface area contributed by atoms with E-state index in [1.165, 1.54) is 0 Å². The summed E-state index contributed by atoms with van der Waals surface area (Å²) in [6.45, 7) is -2.58. The van der Waals surface area contributed by atoms with Crippen LogP contribution in [0.2, 0.25) is 0 Å². The Labute approximate surface area is 222 Å². The number of benzene rings is 1. The van der Waals surface area contributed by atoms with Crippen LogP contribution in [0.15, 0.2) is 30.5 Å². The second-order valence-electron chi connectivity index (χ2n) is 8.24. The van der Waals surface area contributed by atoms with Crippen LogP contribution in [0.3, 0.4) is 0 Å². The van der Waals surface area contributed by atoms with Crippen molar-refractivity contribution in [2.24, 2.45) is 11.5 Å². The zero-order valence-electron chi connectivity index (χ0n) is 20.9. The number of fused-ring (bicyclic) bond motifs is 1. The van der Waals surface area contributed by atoms with Crippen LogP contribution >= 0.6 is 0 Å². The monoisotopic (exact) mass is 545 g/mol. The number of hydrogen-bond acceptors (Lipinski definition) is 8. The van der Waals surface area contributed by atoms with Gasteiger partial charge in [0.1, 0.15) is 0 Å². The summed E-state index contributed by atoms with van der Waals surface area (Å²) in [7, 11) is 0. The molecular formula is C23H31N9O7. The molecular weight excluding hydrogens is 514 g/mol. The van der Waals surface area contributed by atoms with Crippen molar-refractivity contribution >= 4 is 52.3 Å². The van der Waals surface area contributed by atoms with Gasteiger partial charge in [-0.2, -0.15) is 0 Å². The van der Waals surface area contributed by atoms with E-state index in [0.717, 1.165) is 16.5 Å². The van der Waals surface area contributed by atoms with Crippen LogP contribution in [-0.2, 0) is 40.0 Å². The van der Waals surface area contributed by atoms with E-state index in [1.807, 2.05) is 24.3 Å². The van der Waals surface area contributed by atoms with Gasteiger partial charge in [0.05, 0.1) is 45.3 Å². The lowest BCUT2D eigenvalue weighted by Crippen LogP contribution is -2.48. The Morgan fingerprint density at radius 1 is 0.667 bits per heavy atom. The van der Waals surface area contributed by atoms with Gasteiger partial charge in [-0.05, 0) is 18.1 Å². The summed E-state index contributed by atoms with van der Waals surface area (Å²) in [5.41, 5.74) is 12.6. The number of carbonyl (C=O) groups is 7. The summed E-state index contributed by atoms with van der Waals surface area (Å²) in [5.74, 6) is -4.62. The highest BCUT2D eigenvalue weighted by Gasteiger charge is 2.17. The number of hydrogen-bond donors (Lipinski definition) is 9. The van der Waals surface area contributed by atoms with Crippen molar-refractivity contribution < 1.29 is 33.6 Å². The molecule has 11 N–H and O–H groups in total. The van der Waals surface area contributed by atoms with Gasteiger partial charge in [-0.1, -0.05) is 18.2 Å². The molecule has 0 unspecified atom stereocenters. The minimum atomic E-state index is -0.889. The minimum Gasteiger partial charge on any atom is -0.368 e. The third-order valence-corrected chi connectivity index (χ3v) is 5.12. The summed E-state index contributed by atoms with van der Waals surface area (Å²) in [4.78, 5) is 84.4. The van der Waals surface area contributed by atoms with Crippen molar-refractivity contribution in [2.45, 2.75) is 12.5 Å². The predicted octanol–water partition coefficient (Wildman–Crippen LogP) is -4.78. The Kier molecular flexibility index (Phi) is 11.9. The molecule has 0 aliphatic carbocycles. The number of amides is 7. The molecule has 0 saturated heterocycles. The predicted molar refractivity (Wildman–Crippen MR) is 137 cm³/mol. The first kappa shape index (κ1) is 30.2. The number of nitrogens with one attached hydrogen (secondary N) is 7. The Balaban J connectivity index is 1.56. The van der Waals surface area contributed by atoms with Crippen LogP contribution in [0.5, 0.6) is 0 Å². The highest BCUT2D eigenvalue weighted by molar-refractivity contribution is 5.93. The molecule has 1 aromatic carbocycles. The van der Waals surface area contributed by atoms with Crippen LogP contribution < -0.4 is 43.4 Å². The van der Waals surface area contributed by atoms with Gasteiger partial charge in [-0.15, -0.1) is 0 Å². The molecule has 0 aliphatic heterocycles. The second-order valence-corrected chi connectivity index (χ2v) is 8.24. The van der Waals surface area contributed by atoms with Crippen molar-refractivity contribution in [3.05, 3.63) is 36.0 Å². The second kappa shape index (κ2) is 15.3. The number of aromatic amines is 1. The van der Waals surface area contributed by atoms with Crippen LogP contribution in [0.4, 0.5) is 0 Å². The summed E-state index contributed by atoms with van der Waals surface area (Å²) < 4.78 is 0. The maximum Gasteiger partial charge on any atom is 0.239 e. The van der Waals surface area contributed by atoms with E-state index in [9.17, 15) is 33.6 Å². The normalized spacial score (nSPS) is 11.1. The first-order valence-corrected chi connectivity index (χ1v) is 11.7. The van der Waals surface area contributed by atoms with E-state index in [0.29, 0.717) is 0 Å². The molecule has 39 heavy (non-hydrogen) atoms. The van der Waals surface area contributed by atoms with Crippen LogP contribution in [0.1, 0.15) is 5.56 Å². The molecule has 0 spiro atoms. The van der Waals surface area contributed by atoms with Crippen molar-refractivity contribution in [3.8, 4) is 0 Å². The molecule has 7 amide bonds. The quantitative estimate of drug-likeness (QED) is 0.105. The fourth-order valence-corrected chi connectivity index (χ4v) is 3.14. The first-order chi connectivity index (χ1) is 18.5. The van der Waals surface area contributed by atoms with E-state index >= 15 is 0 Å². The van der Waals surface area contributed by atoms with Crippen LogP contribution in [-0.4, -0.2) is 91.6 Å². The molecule has 2 aromatic rings. The lowest BCUT2D eigenvalue weighted by atomic mass is 10.1. The van der Waals surface area contributed by atoms with Gasteiger partial charge >= 0.3 is 0 Å². The number of carbonyl (C=O) groups excluding carboxylic acids is 7. The van der Waals surface area contributed by atoms with Gasteiger partial charge in [0, 0.05) is 17.1 Å². The van der Waals surface area contributed by atoms with Crippen molar-refractivity contribution in [1.29, 1.82) is 0 Å². The Hall–Kier alpha value is -4.99. The number of rotatable bonds is 15. The molecule has 2 rings (SSSR count). The molecule has 16 heteroatoms. The number of aromatic nitrogens is 1. The third kappa shape index (κ3) is 11.3. The Morgan fingerprint density at radius 3 is 1.59 bits per heavy atom. The van der Waals surface area contributed by atoms with E-state index < -0.39 is 80.1 Å². The third-order valence-electron chi connectivity index (χ3n) is 5.12. The van der Waals surface area contributed by atoms with Gasteiger partial charge in [0.15, 0.2) is 0 Å².